The number of nitrogens with zero attached hydrogens (tertiary/aromatic N) is 2. The molecule has 1 aromatic heterocycles. The van der Waals surface area contributed by atoms with Gasteiger partial charge in [0.05, 0.1) is 12.2 Å². The van der Waals surface area contributed by atoms with E-state index in [-0.39, 0.29) is 12.5 Å². The van der Waals surface area contributed by atoms with E-state index >= 15 is 0 Å². The second kappa shape index (κ2) is 5.33. The maximum absolute atomic E-state index is 12.1. The SMILES string of the molecule is Cc1ccc(OCC(=O)N2Cc3cccnc3C2)cc1. The van der Waals surface area contributed by atoms with Crippen molar-refractivity contribution in [3.63, 3.8) is 0 Å². The number of carbonyl (C=O) groups is 1. The normalized spacial score (nSPS) is 13.2. The predicted molar refractivity (Wildman–Crippen MR) is 75.2 cm³/mol. The highest BCUT2D eigenvalue weighted by Gasteiger charge is 2.24. The fraction of sp³-hybridized carbons (Fsp3) is 0.250. The molecule has 1 aliphatic heterocycles. The minimum atomic E-state index is -0.0106. The van der Waals surface area contributed by atoms with Gasteiger partial charge in [-0.25, -0.2) is 0 Å². The number of benzene rings is 1. The summed E-state index contributed by atoms with van der Waals surface area (Å²) in [5.74, 6) is 0.711. The van der Waals surface area contributed by atoms with Gasteiger partial charge < -0.3 is 9.64 Å². The van der Waals surface area contributed by atoms with Crippen LogP contribution in [-0.2, 0) is 17.9 Å². The topological polar surface area (TPSA) is 42.4 Å². The van der Waals surface area contributed by atoms with Crippen molar-refractivity contribution in [2.24, 2.45) is 0 Å². The van der Waals surface area contributed by atoms with Gasteiger partial charge in [-0.05, 0) is 30.7 Å². The predicted octanol–water partition coefficient (Wildman–Crippen LogP) is 2.31. The quantitative estimate of drug-likeness (QED) is 0.858. The molecule has 0 atom stereocenters. The monoisotopic (exact) mass is 268 g/mol. The van der Waals surface area contributed by atoms with E-state index < -0.39 is 0 Å². The number of amides is 1. The average molecular weight is 268 g/mol. The minimum absolute atomic E-state index is 0.0106. The molecule has 0 spiro atoms. The zero-order valence-corrected chi connectivity index (χ0v) is 11.4. The molecular formula is C16H16N2O2. The van der Waals surface area contributed by atoms with Gasteiger partial charge in [-0.3, -0.25) is 9.78 Å². The molecule has 4 nitrogen and oxygen atoms in total. The number of aromatic nitrogens is 1. The molecule has 3 rings (SSSR count). The Morgan fingerprint density at radius 1 is 1.25 bits per heavy atom. The van der Waals surface area contributed by atoms with Gasteiger partial charge >= 0.3 is 0 Å². The molecule has 2 heterocycles. The third-order valence-electron chi connectivity index (χ3n) is 3.42. The van der Waals surface area contributed by atoms with Crippen LogP contribution >= 0.6 is 0 Å². The van der Waals surface area contributed by atoms with Gasteiger partial charge in [0.15, 0.2) is 6.61 Å². The Morgan fingerprint density at radius 2 is 2.05 bits per heavy atom. The smallest absolute Gasteiger partial charge is 0.261 e. The molecule has 0 saturated heterocycles. The summed E-state index contributed by atoms with van der Waals surface area (Å²) in [6.45, 7) is 3.28. The third kappa shape index (κ3) is 2.64. The molecule has 2 aromatic rings. The van der Waals surface area contributed by atoms with Crippen LogP contribution in [0.4, 0.5) is 0 Å². The Hall–Kier alpha value is -2.36. The van der Waals surface area contributed by atoms with E-state index in [0.29, 0.717) is 13.1 Å². The Kier molecular flexibility index (Phi) is 3.37. The fourth-order valence-corrected chi connectivity index (χ4v) is 2.25. The first-order chi connectivity index (χ1) is 9.72. The molecule has 0 N–H and O–H groups in total. The van der Waals surface area contributed by atoms with Crippen LogP contribution in [0.3, 0.4) is 0 Å². The van der Waals surface area contributed by atoms with Crippen LogP contribution in [0.15, 0.2) is 42.6 Å². The average Bonchev–Trinajstić information content (AvgIpc) is 2.90. The van der Waals surface area contributed by atoms with E-state index in [1.807, 2.05) is 43.3 Å². The molecule has 4 heteroatoms. The van der Waals surface area contributed by atoms with Crippen molar-refractivity contribution in [1.82, 2.24) is 9.88 Å². The second-order valence-corrected chi connectivity index (χ2v) is 4.96. The molecule has 0 unspecified atom stereocenters. The van der Waals surface area contributed by atoms with Crippen LogP contribution in [0.5, 0.6) is 5.75 Å². The molecule has 0 saturated carbocycles. The Morgan fingerprint density at radius 3 is 2.80 bits per heavy atom. The summed E-state index contributed by atoms with van der Waals surface area (Å²) >= 11 is 0. The Labute approximate surface area is 118 Å². The van der Waals surface area contributed by atoms with Crippen molar-refractivity contribution in [2.75, 3.05) is 6.61 Å². The number of carbonyl (C=O) groups excluding carboxylic acids is 1. The molecule has 1 amide bonds. The number of fused-ring (bicyclic) bond motifs is 1. The lowest BCUT2D eigenvalue weighted by atomic mass is 10.2. The molecule has 1 aromatic carbocycles. The summed E-state index contributed by atoms with van der Waals surface area (Å²) in [4.78, 5) is 18.2. The number of aryl methyl sites for hydroxylation is 1. The lowest BCUT2D eigenvalue weighted by Crippen LogP contribution is -2.30. The lowest BCUT2D eigenvalue weighted by molar-refractivity contribution is -0.134. The van der Waals surface area contributed by atoms with E-state index in [2.05, 4.69) is 4.98 Å². The van der Waals surface area contributed by atoms with Gasteiger partial charge in [-0.2, -0.15) is 0 Å². The molecular weight excluding hydrogens is 252 g/mol. The maximum Gasteiger partial charge on any atom is 0.261 e. The summed E-state index contributed by atoms with van der Waals surface area (Å²) < 4.78 is 5.52. The van der Waals surface area contributed by atoms with Crippen molar-refractivity contribution in [1.29, 1.82) is 0 Å². The first kappa shape index (κ1) is 12.7. The molecule has 0 bridgehead atoms. The molecule has 0 radical (unpaired) electrons. The zero-order chi connectivity index (χ0) is 13.9. The van der Waals surface area contributed by atoms with E-state index in [9.17, 15) is 4.79 Å². The van der Waals surface area contributed by atoms with E-state index in [1.165, 1.54) is 5.56 Å². The second-order valence-electron chi connectivity index (χ2n) is 4.96. The molecule has 20 heavy (non-hydrogen) atoms. The highest BCUT2D eigenvalue weighted by molar-refractivity contribution is 5.78. The number of hydrogen-bond donors (Lipinski definition) is 0. The first-order valence-corrected chi connectivity index (χ1v) is 6.62. The number of rotatable bonds is 3. The Balaban J connectivity index is 1.57. The van der Waals surface area contributed by atoms with Crippen LogP contribution in [0.25, 0.3) is 0 Å². The van der Waals surface area contributed by atoms with Crippen LogP contribution in [0.1, 0.15) is 16.8 Å². The molecule has 102 valence electrons. The third-order valence-corrected chi connectivity index (χ3v) is 3.42. The van der Waals surface area contributed by atoms with Crippen molar-refractivity contribution in [3.05, 3.63) is 59.4 Å². The van der Waals surface area contributed by atoms with Crippen LogP contribution in [0, 0.1) is 6.92 Å². The number of hydrogen-bond acceptors (Lipinski definition) is 3. The van der Waals surface area contributed by atoms with Gasteiger partial charge in [0.25, 0.3) is 5.91 Å². The molecule has 0 fully saturated rings. The fourth-order valence-electron chi connectivity index (χ4n) is 2.25. The highest BCUT2D eigenvalue weighted by Crippen LogP contribution is 2.20. The number of ether oxygens (including phenoxy) is 1. The van der Waals surface area contributed by atoms with Crippen molar-refractivity contribution >= 4 is 5.91 Å². The van der Waals surface area contributed by atoms with Gasteiger partial charge in [0, 0.05) is 12.7 Å². The van der Waals surface area contributed by atoms with Crippen molar-refractivity contribution in [3.8, 4) is 5.75 Å². The van der Waals surface area contributed by atoms with Crippen LogP contribution in [-0.4, -0.2) is 22.4 Å². The largest absolute Gasteiger partial charge is 0.484 e. The maximum atomic E-state index is 12.1. The minimum Gasteiger partial charge on any atom is -0.484 e. The number of pyridine rings is 1. The summed E-state index contributed by atoms with van der Waals surface area (Å²) in [7, 11) is 0. The summed E-state index contributed by atoms with van der Waals surface area (Å²) in [5.41, 5.74) is 3.28. The molecule has 1 aliphatic rings. The summed E-state index contributed by atoms with van der Waals surface area (Å²) in [6, 6.07) is 11.6. The zero-order valence-electron chi connectivity index (χ0n) is 11.4. The van der Waals surface area contributed by atoms with Gasteiger partial charge in [0.2, 0.25) is 0 Å². The summed E-state index contributed by atoms with van der Waals surface area (Å²) in [6.07, 6.45) is 1.76. The molecule has 0 aliphatic carbocycles. The van der Waals surface area contributed by atoms with Crippen molar-refractivity contribution < 1.29 is 9.53 Å². The van der Waals surface area contributed by atoms with E-state index in [4.69, 9.17) is 4.74 Å². The van der Waals surface area contributed by atoms with Crippen LogP contribution in [0.2, 0.25) is 0 Å². The Bertz CT molecular complexity index is 598. The van der Waals surface area contributed by atoms with Crippen LogP contribution < -0.4 is 4.74 Å². The van der Waals surface area contributed by atoms with E-state index in [0.717, 1.165) is 17.0 Å². The van der Waals surface area contributed by atoms with Gasteiger partial charge in [-0.15, -0.1) is 0 Å². The lowest BCUT2D eigenvalue weighted by Gasteiger charge is -2.15. The van der Waals surface area contributed by atoms with Crippen molar-refractivity contribution in [2.45, 2.75) is 20.0 Å². The highest BCUT2D eigenvalue weighted by atomic mass is 16.5. The standard InChI is InChI=1S/C16H16N2O2/c1-12-4-6-14(7-5-12)20-11-16(19)18-9-13-3-2-8-17-15(13)10-18/h2-8H,9-11H2,1H3. The summed E-state index contributed by atoms with van der Waals surface area (Å²) in [5, 5.41) is 0. The van der Waals surface area contributed by atoms with E-state index in [1.54, 1.807) is 11.1 Å². The van der Waals surface area contributed by atoms with Gasteiger partial charge in [0.1, 0.15) is 5.75 Å². The van der Waals surface area contributed by atoms with Gasteiger partial charge in [-0.1, -0.05) is 23.8 Å². The first-order valence-electron chi connectivity index (χ1n) is 6.62.